The minimum atomic E-state index is -0.308. The van der Waals surface area contributed by atoms with Crippen molar-refractivity contribution in [3.8, 4) is 17.2 Å². The quantitative estimate of drug-likeness (QED) is 0.496. The van der Waals surface area contributed by atoms with Gasteiger partial charge in [0.05, 0.1) is 21.3 Å². The van der Waals surface area contributed by atoms with E-state index in [0.29, 0.717) is 23.1 Å². The molecule has 1 fully saturated rings. The lowest BCUT2D eigenvalue weighted by Crippen LogP contribution is -2.46. The van der Waals surface area contributed by atoms with Gasteiger partial charge in [0.15, 0.2) is 11.5 Å². The average Bonchev–Trinajstić information content (AvgIpc) is 2.92. The molecule has 2 aromatic carbocycles. The Bertz CT molecular complexity index is 1150. The molecule has 1 aliphatic rings. The zero-order valence-electron chi connectivity index (χ0n) is 20.1. The van der Waals surface area contributed by atoms with Gasteiger partial charge in [0.1, 0.15) is 18.0 Å². The molecule has 0 bridgehead atoms. The van der Waals surface area contributed by atoms with E-state index >= 15 is 0 Å². The summed E-state index contributed by atoms with van der Waals surface area (Å²) in [4.78, 5) is 25.7. The predicted octanol–water partition coefficient (Wildman–Crippen LogP) is 3.48. The van der Waals surface area contributed by atoms with E-state index in [9.17, 15) is 4.79 Å². The summed E-state index contributed by atoms with van der Waals surface area (Å²) in [5, 5.41) is 2.80. The molecule has 0 saturated carbocycles. The first-order valence-electron chi connectivity index (χ1n) is 11.3. The molecule has 9 nitrogen and oxygen atoms in total. The van der Waals surface area contributed by atoms with E-state index in [1.54, 1.807) is 45.6 Å². The van der Waals surface area contributed by atoms with Gasteiger partial charge in [-0.15, -0.1) is 0 Å². The summed E-state index contributed by atoms with van der Waals surface area (Å²) in [5.74, 6) is 2.45. The average molecular weight is 476 g/mol. The number of carbonyl (C=O) groups excluding carboxylic acids is 1. The highest BCUT2D eigenvalue weighted by Gasteiger charge is 2.19. The zero-order valence-corrected chi connectivity index (χ0v) is 20.1. The van der Waals surface area contributed by atoms with Crippen molar-refractivity contribution in [2.45, 2.75) is 0 Å². The van der Waals surface area contributed by atoms with Crippen molar-refractivity contribution >= 4 is 29.3 Å². The Labute approximate surface area is 205 Å². The van der Waals surface area contributed by atoms with Crippen LogP contribution in [0, 0.1) is 0 Å². The highest BCUT2D eigenvalue weighted by atomic mass is 16.5. The van der Waals surface area contributed by atoms with Crippen molar-refractivity contribution in [1.82, 2.24) is 9.97 Å². The molecule has 1 amide bonds. The number of para-hydroxylation sites is 1. The Morgan fingerprint density at radius 1 is 0.886 bits per heavy atom. The minimum absolute atomic E-state index is 0.308. The lowest BCUT2D eigenvalue weighted by atomic mass is 10.1. The van der Waals surface area contributed by atoms with Crippen LogP contribution in [0.5, 0.6) is 17.2 Å². The number of hydrogen-bond donors (Lipinski definition) is 1. The highest BCUT2D eigenvalue weighted by Crippen LogP contribution is 2.38. The second-order valence-electron chi connectivity index (χ2n) is 7.85. The smallest absolute Gasteiger partial charge is 0.249 e. The van der Waals surface area contributed by atoms with Crippen LogP contribution in [0.2, 0.25) is 0 Å². The molecule has 0 atom stereocenters. The molecule has 1 saturated heterocycles. The Morgan fingerprint density at radius 3 is 2.17 bits per heavy atom. The van der Waals surface area contributed by atoms with Gasteiger partial charge in [-0.1, -0.05) is 18.2 Å². The third kappa shape index (κ3) is 5.81. The molecule has 1 aliphatic heterocycles. The van der Waals surface area contributed by atoms with E-state index < -0.39 is 0 Å². The van der Waals surface area contributed by atoms with Crippen molar-refractivity contribution in [2.75, 3.05) is 62.6 Å². The van der Waals surface area contributed by atoms with Gasteiger partial charge >= 0.3 is 0 Å². The Balaban J connectivity index is 1.38. The maximum absolute atomic E-state index is 12.5. The number of methoxy groups -OCH3 is 3. The lowest BCUT2D eigenvalue weighted by Gasteiger charge is -2.36. The third-order valence-electron chi connectivity index (χ3n) is 5.74. The number of aromatic nitrogens is 2. The fourth-order valence-electron chi connectivity index (χ4n) is 3.96. The second-order valence-corrected chi connectivity index (χ2v) is 7.85. The van der Waals surface area contributed by atoms with Crippen LogP contribution in [0.25, 0.3) is 6.08 Å². The molecule has 35 heavy (non-hydrogen) atoms. The molecule has 1 aromatic heterocycles. The predicted molar refractivity (Wildman–Crippen MR) is 137 cm³/mol. The normalized spacial score (nSPS) is 13.6. The molecule has 0 spiro atoms. The number of nitrogens with one attached hydrogen (secondary N) is 1. The van der Waals surface area contributed by atoms with Crippen molar-refractivity contribution in [3.05, 3.63) is 66.5 Å². The lowest BCUT2D eigenvalue weighted by molar-refractivity contribution is -0.111. The Morgan fingerprint density at radius 2 is 1.54 bits per heavy atom. The van der Waals surface area contributed by atoms with Crippen molar-refractivity contribution in [3.63, 3.8) is 0 Å². The van der Waals surface area contributed by atoms with Crippen LogP contribution < -0.4 is 29.3 Å². The number of carbonyl (C=O) groups is 1. The fourth-order valence-corrected chi connectivity index (χ4v) is 3.96. The largest absolute Gasteiger partial charge is 0.493 e. The van der Waals surface area contributed by atoms with Gasteiger partial charge in [0, 0.05) is 44.0 Å². The van der Waals surface area contributed by atoms with Crippen LogP contribution >= 0.6 is 0 Å². The SMILES string of the molecule is COc1cc(/C=C/C(=O)Nc2cc(N3CCN(c4ccccc4)CC3)ncn2)cc(OC)c1OC. The van der Waals surface area contributed by atoms with E-state index in [4.69, 9.17) is 14.2 Å². The second kappa shape index (κ2) is 11.2. The molecular formula is C26H29N5O4. The Kier molecular flexibility index (Phi) is 7.67. The number of hydrogen-bond acceptors (Lipinski definition) is 8. The highest BCUT2D eigenvalue weighted by molar-refractivity contribution is 6.01. The summed E-state index contributed by atoms with van der Waals surface area (Å²) in [5.41, 5.74) is 1.95. The number of amides is 1. The Hall–Kier alpha value is -4.27. The topological polar surface area (TPSA) is 89.1 Å². The van der Waals surface area contributed by atoms with Crippen molar-refractivity contribution < 1.29 is 19.0 Å². The number of benzene rings is 2. The van der Waals surface area contributed by atoms with E-state index in [1.165, 1.54) is 18.1 Å². The first-order valence-corrected chi connectivity index (χ1v) is 11.3. The first kappa shape index (κ1) is 23.9. The molecule has 9 heteroatoms. The van der Waals surface area contributed by atoms with Crippen LogP contribution in [0.4, 0.5) is 17.3 Å². The maximum atomic E-state index is 12.5. The van der Waals surface area contributed by atoms with Crippen LogP contribution in [0.15, 0.2) is 60.9 Å². The van der Waals surface area contributed by atoms with Gasteiger partial charge in [0.25, 0.3) is 0 Å². The fraction of sp³-hybridized carbons (Fsp3) is 0.269. The third-order valence-corrected chi connectivity index (χ3v) is 5.74. The number of ether oxygens (including phenoxy) is 3. The van der Waals surface area contributed by atoms with Crippen molar-refractivity contribution in [2.24, 2.45) is 0 Å². The van der Waals surface area contributed by atoms with Gasteiger partial charge in [-0.2, -0.15) is 0 Å². The molecule has 4 rings (SSSR count). The minimum Gasteiger partial charge on any atom is -0.493 e. The molecule has 0 unspecified atom stereocenters. The van der Waals surface area contributed by atoms with Crippen LogP contribution in [-0.2, 0) is 4.79 Å². The molecule has 3 aromatic rings. The van der Waals surface area contributed by atoms with Crippen molar-refractivity contribution in [1.29, 1.82) is 0 Å². The number of rotatable bonds is 8. The summed E-state index contributed by atoms with van der Waals surface area (Å²) in [7, 11) is 4.64. The summed E-state index contributed by atoms with van der Waals surface area (Å²) < 4.78 is 16.1. The first-order chi connectivity index (χ1) is 17.1. The molecule has 0 radical (unpaired) electrons. The van der Waals surface area contributed by atoms with Gasteiger partial charge in [-0.25, -0.2) is 9.97 Å². The molecular weight excluding hydrogens is 446 g/mol. The number of nitrogens with zero attached hydrogens (tertiary/aromatic N) is 4. The number of piperazine rings is 1. The molecule has 0 aliphatic carbocycles. The van der Waals surface area contributed by atoms with Gasteiger partial charge in [-0.3, -0.25) is 4.79 Å². The monoisotopic (exact) mass is 475 g/mol. The molecule has 2 heterocycles. The summed E-state index contributed by atoms with van der Waals surface area (Å²) in [6.07, 6.45) is 4.57. The van der Waals surface area contributed by atoms with Crippen LogP contribution in [0.1, 0.15) is 5.56 Å². The summed E-state index contributed by atoms with van der Waals surface area (Å²) in [6.45, 7) is 3.46. The molecule has 1 N–H and O–H groups in total. The summed E-state index contributed by atoms with van der Waals surface area (Å²) in [6, 6.07) is 15.7. The number of anilines is 3. The van der Waals surface area contributed by atoms with E-state index in [1.807, 2.05) is 6.07 Å². The maximum Gasteiger partial charge on any atom is 0.249 e. The standard InChI is InChI=1S/C26H29N5O4/c1-33-21-15-19(16-22(34-2)26(21)35-3)9-10-25(32)29-23-17-24(28-18-27-23)31-13-11-30(12-14-31)20-7-5-4-6-8-20/h4-10,15-18H,11-14H2,1-3H3,(H,27,28,29,32)/b10-9+. The van der Waals surface area contributed by atoms with Crippen LogP contribution in [0.3, 0.4) is 0 Å². The van der Waals surface area contributed by atoms with Gasteiger partial charge < -0.3 is 29.3 Å². The van der Waals surface area contributed by atoms with Gasteiger partial charge in [0.2, 0.25) is 11.7 Å². The van der Waals surface area contributed by atoms with E-state index in [-0.39, 0.29) is 5.91 Å². The van der Waals surface area contributed by atoms with E-state index in [2.05, 4.69) is 49.4 Å². The summed E-state index contributed by atoms with van der Waals surface area (Å²) >= 11 is 0. The van der Waals surface area contributed by atoms with Crippen LogP contribution in [-0.4, -0.2) is 63.4 Å². The van der Waals surface area contributed by atoms with E-state index in [0.717, 1.165) is 37.6 Å². The van der Waals surface area contributed by atoms with Gasteiger partial charge in [-0.05, 0) is 35.9 Å². The zero-order chi connectivity index (χ0) is 24.6. The molecule has 182 valence electrons.